The van der Waals surface area contributed by atoms with Gasteiger partial charge in [-0.15, -0.1) is 0 Å². The molecule has 1 fully saturated rings. The smallest absolute Gasteiger partial charge is 0.310 e. The van der Waals surface area contributed by atoms with Crippen LogP contribution in [0.5, 0.6) is 0 Å². The maximum atomic E-state index is 11.3. The zero-order valence-electron chi connectivity index (χ0n) is 8.03. The van der Waals surface area contributed by atoms with E-state index in [1.807, 2.05) is 0 Å². The lowest BCUT2D eigenvalue weighted by atomic mass is 10.1. The molecular formula is C9H14O4. The van der Waals surface area contributed by atoms with E-state index in [1.54, 1.807) is 20.8 Å². The predicted molar refractivity (Wildman–Crippen MR) is 45.0 cm³/mol. The Morgan fingerprint density at radius 1 is 1.38 bits per heavy atom. The molecule has 0 saturated heterocycles. The molecule has 1 rings (SSSR count). The Hall–Kier alpha value is -1.06. The molecule has 0 unspecified atom stereocenters. The fourth-order valence-corrected chi connectivity index (χ4v) is 1.77. The van der Waals surface area contributed by atoms with Crippen molar-refractivity contribution in [1.82, 2.24) is 0 Å². The van der Waals surface area contributed by atoms with Crippen molar-refractivity contribution in [2.24, 2.45) is 17.3 Å². The number of rotatable bonds is 3. The summed E-state index contributed by atoms with van der Waals surface area (Å²) in [5.74, 6) is -2.35. The number of esters is 1. The van der Waals surface area contributed by atoms with Gasteiger partial charge < -0.3 is 9.84 Å². The summed E-state index contributed by atoms with van der Waals surface area (Å²) in [5.41, 5.74) is -0.446. The minimum absolute atomic E-state index is 0.303. The van der Waals surface area contributed by atoms with Crippen LogP contribution < -0.4 is 0 Å². The van der Waals surface area contributed by atoms with Gasteiger partial charge in [0, 0.05) is 0 Å². The molecule has 0 spiro atoms. The third-order valence-electron chi connectivity index (χ3n) is 2.63. The molecular weight excluding hydrogens is 172 g/mol. The van der Waals surface area contributed by atoms with Crippen LogP contribution in [0, 0.1) is 17.3 Å². The maximum Gasteiger partial charge on any atom is 0.310 e. The molecule has 0 radical (unpaired) electrons. The molecule has 0 aromatic rings. The summed E-state index contributed by atoms with van der Waals surface area (Å²) in [6.07, 6.45) is 0. The van der Waals surface area contributed by atoms with E-state index in [0.717, 1.165) is 0 Å². The summed E-state index contributed by atoms with van der Waals surface area (Å²) in [6.45, 7) is 5.56. The van der Waals surface area contributed by atoms with Gasteiger partial charge in [-0.1, -0.05) is 13.8 Å². The molecule has 1 aliphatic carbocycles. The highest BCUT2D eigenvalue weighted by Gasteiger charge is 2.66. The molecule has 1 N–H and O–H groups in total. The van der Waals surface area contributed by atoms with Crippen molar-refractivity contribution >= 4 is 11.9 Å². The fraction of sp³-hybridized carbons (Fsp3) is 0.778. The van der Waals surface area contributed by atoms with Crippen LogP contribution in [-0.4, -0.2) is 23.7 Å². The Balaban J connectivity index is 2.65. The molecule has 4 heteroatoms. The minimum atomic E-state index is -0.914. The SMILES string of the molecule is CCOC(=O)[C@@H]1[C@@H](C(=O)O)C1(C)C. The molecule has 2 atom stereocenters. The van der Waals surface area contributed by atoms with Crippen molar-refractivity contribution in [2.45, 2.75) is 20.8 Å². The van der Waals surface area contributed by atoms with Gasteiger partial charge in [0.15, 0.2) is 0 Å². The van der Waals surface area contributed by atoms with Crippen LogP contribution in [0.15, 0.2) is 0 Å². The van der Waals surface area contributed by atoms with Crippen LogP contribution in [0.4, 0.5) is 0 Å². The van der Waals surface area contributed by atoms with E-state index in [4.69, 9.17) is 9.84 Å². The van der Waals surface area contributed by atoms with Crippen LogP contribution in [-0.2, 0) is 14.3 Å². The van der Waals surface area contributed by atoms with Gasteiger partial charge in [-0.2, -0.15) is 0 Å². The summed E-state index contributed by atoms with van der Waals surface area (Å²) in [5, 5.41) is 8.77. The number of carboxylic acid groups (broad SMARTS) is 1. The standard InChI is InChI=1S/C9H14O4/c1-4-13-8(12)6-5(7(10)11)9(6,2)3/h5-6H,4H2,1-3H3,(H,10,11)/t5-,6-/m0/s1. The average Bonchev–Trinajstić information content (AvgIpc) is 2.54. The Labute approximate surface area is 76.9 Å². The quantitative estimate of drug-likeness (QED) is 0.665. The molecule has 1 saturated carbocycles. The number of hydrogen-bond acceptors (Lipinski definition) is 3. The van der Waals surface area contributed by atoms with E-state index in [-0.39, 0.29) is 5.97 Å². The summed E-state index contributed by atoms with van der Waals surface area (Å²) in [4.78, 5) is 21.9. The topological polar surface area (TPSA) is 63.6 Å². The van der Waals surface area contributed by atoms with Crippen molar-refractivity contribution < 1.29 is 19.4 Å². The van der Waals surface area contributed by atoms with Crippen LogP contribution in [0.25, 0.3) is 0 Å². The van der Waals surface area contributed by atoms with Crippen LogP contribution >= 0.6 is 0 Å². The zero-order valence-corrected chi connectivity index (χ0v) is 8.03. The molecule has 74 valence electrons. The summed E-state index contributed by atoms with van der Waals surface area (Å²) < 4.78 is 4.78. The van der Waals surface area contributed by atoms with Crippen molar-refractivity contribution in [2.75, 3.05) is 6.61 Å². The van der Waals surface area contributed by atoms with Gasteiger partial charge in [0.2, 0.25) is 0 Å². The predicted octanol–water partition coefficient (Wildman–Crippen LogP) is 0.906. The monoisotopic (exact) mass is 186 g/mol. The lowest BCUT2D eigenvalue weighted by Gasteiger charge is -2.01. The fourth-order valence-electron chi connectivity index (χ4n) is 1.77. The zero-order chi connectivity index (χ0) is 10.2. The van der Waals surface area contributed by atoms with E-state index in [2.05, 4.69) is 0 Å². The van der Waals surface area contributed by atoms with Gasteiger partial charge in [0.05, 0.1) is 18.4 Å². The maximum absolute atomic E-state index is 11.3. The number of carboxylic acids is 1. The van der Waals surface area contributed by atoms with Crippen molar-refractivity contribution in [3.05, 3.63) is 0 Å². The average molecular weight is 186 g/mol. The highest BCUT2D eigenvalue weighted by Crippen LogP contribution is 2.58. The molecule has 1 aliphatic rings. The second-order valence-corrected chi connectivity index (χ2v) is 3.87. The highest BCUT2D eigenvalue weighted by molar-refractivity contribution is 5.88. The molecule has 0 aliphatic heterocycles. The van der Waals surface area contributed by atoms with Gasteiger partial charge >= 0.3 is 11.9 Å². The number of ether oxygens (including phenoxy) is 1. The molecule has 0 heterocycles. The van der Waals surface area contributed by atoms with Gasteiger partial charge in [0.1, 0.15) is 0 Å². The Bertz CT molecular complexity index is 244. The van der Waals surface area contributed by atoms with Crippen molar-refractivity contribution in [1.29, 1.82) is 0 Å². The van der Waals surface area contributed by atoms with Gasteiger partial charge in [0.25, 0.3) is 0 Å². The number of hydrogen-bond donors (Lipinski definition) is 1. The van der Waals surface area contributed by atoms with Gasteiger partial charge in [-0.3, -0.25) is 9.59 Å². The van der Waals surface area contributed by atoms with E-state index in [9.17, 15) is 9.59 Å². The summed E-state index contributed by atoms with van der Waals surface area (Å²) >= 11 is 0. The van der Waals surface area contributed by atoms with Crippen molar-refractivity contribution in [3.63, 3.8) is 0 Å². The Morgan fingerprint density at radius 2 is 1.92 bits per heavy atom. The first-order chi connectivity index (χ1) is 5.92. The normalized spacial score (nSPS) is 29.5. The second kappa shape index (κ2) is 3.01. The van der Waals surface area contributed by atoms with Crippen LogP contribution in [0.3, 0.4) is 0 Å². The lowest BCUT2D eigenvalue weighted by molar-refractivity contribution is -0.148. The molecule has 0 aromatic heterocycles. The van der Waals surface area contributed by atoms with E-state index >= 15 is 0 Å². The van der Waals surface area contributed by atoms with Gasteiger partial charge in [-0.25, -0.2) is 0 Å². The largest absolute Gasteiger partial charge is 0.481 e. The molecule has 0 aromatic carbocycles. The first kappa shape index (κ1) is 10.0. The second-order valence-electron chi connectivity index (χ2n) is 3.87. The Kier molecular flexibility index (Phi) is 2.32. The third-order valence-corrected chi connectivity index (χ3v) is 2.63. The minimum Gasteiger partial charge on any atom is -0.481 e. The highest BCUT2D eigenvalue weighted by atomic mass is 16.5. The Morgan fingerprint density at radius 3 is 2.23 bits per heavy atom. The number of carbonyl (C=O) groups excluding carboxylic acids is 1. The van der Waals surface area contributed by atoms with Crippen LogP contribution in [0.2, 0.25) is 0 Å². The van der Waals surface area contributed by atoms with Crippen molar-refractivity contribution in [3.8, 4) is 0 Å². The first-order valence-electron chi connectivity index (χ1n) is 4.32. The van der Waals surface area contributed by atoms with E-state index < -0.39 is 23.2 Å². The molecule has 4 nitrogen and oxygen atoms in total. The number of aliphatic carboxylic acids is 1. The summed E-state index contributed by atoms with van der Waals surface area (Å²) in [7, 11) is 0. The third kappa shape index (κ3) is 1.53. The van der Waals surface area contributed by atoms with E-state index in [1.165, 1.54) is 0 Å². The molecule has 0 amide bonds. The van der Waals surface area contributed by atoms with E-state index in [0.29, 0.717) is 6.61 Å². The summed E-state index contributed by atoms with van der Waals surface area (Å²) in [6, 6.07) is 0. The first-order valence-corrected chi connectivity index (χ1v) is 4.32. The number of carbonyl (C=O) groups is 2. The molecule has 0 bridgehead atoms. The van der Waals surface area contributed by atoms with Crippen LogP contribution in [0.1, 0.15) is 20.8 Å². The lowest BCUT2D eigenvalue weighted by Crippen LogP contribution is -2.11. The molecule has 13 heavy (non-hydrogen) atoms. The van der Waals surface area contributed by atoms with Gasteiger partial charge in [-0.05, 0) is 12.3 Å².